The summed E-state index contributed by atoms with van der Waals surface area (Å²) in [5.41, 5.74) is 4.37. The molecule has 7 heteroatoms. The lowest BCUT2D eigenvalue weighted by atomic mass is 10.0. The van der Waals surface area contributed by atoms with Gasteiger partial charge in [0.2, 0.25) is 5.82 Å². The van der Waals surface area contributed by atoms with Crippen LogP contribution in [-0.2, 0) is 0 Å². The molecule has 0 aromatic carbocycles. The fraction of sp³-hybridized carbons (Fsp3) is 0.524. The van der Waals surface area contributed by atoms with Gasteiger partial charge in [0.25, 0.3) is 5.91 Å². The summed E-state index contributed by atoms with van der Waals surface area (Å²) in [5.74, 6) is 0.968. The van der Waals surface area contributed by atoms with E-state index in [4.69, 9.17) is 0 Å². The van der Waals surface area contributed by atoms with Crippen molar-refractivity contribution in [1.29, 1.82) is 0 Å². The third-order valence-electron chi connectivity index (χ3n) is 5.46. The molecule has 3 heterocycles. The Morgan fingerprint density at radius 3 is 2.71 bits per heavy atom. The molecule has 1 aliphatic heterocycles. The Kier molecular flexibility index (Phi) is 5.93. The third kappa shape index (κ3) is 4.14. The molecule has 0 bridgehead atoms. The fourth-order valence-electron chi connectivity index (χ4n) is 3.72. The molecule has 3 rings (SSSR count). The Balaban J connectivity index is 1.75. The molecule has 2 aromatic heterocycles. The maximum Gasteiger partial charge on any atom is 0.291 e. The topological polar surface area (TPSA) is 74.2 Å². The van der Waals surface area contributed by atoms with E-state index in [9.17, 15) is 4.79 Å². The number of anilines is 1. The van der Waals surface area contributed by atoms with E-state index >= 15 is 0 Å². The van der Waals surface area contributed by atoms with Crippen LogP contribution >= 0.6 is 0 Å². The molecule has 1 fully saturated rings. The highest BCUT2D eigenvalue weighted by molar-refractivity contribution is 5.90. The van der Waals surface area contributed by atoms with Crippen molar-refractivity contribution >= 4 is 11.7 Å². The van der Waals surface area contributed by atoms with Crippen LogP contribution in [0, 0.1) is 20.8 Å². The summed E-state index contributed by atoms with van der Waals surface area (Å²) in [5, 5.41) is 3.74. The number of aromatic nitrogens is 3. The molecule has 2 atom stereocenters. The van der Waals surface area contributed by atoms with Crippen LogP contribution < -0.4 is 10.2 Å². The second-order valence-electron chi connectivity index (χ2n) is 7.83. The Morgan fingerprint density at radius 2 is 2.04 bits per heavy atom. The lowest BCUT2D eigenvalue weighted by Crippen LogP contribution is -2.35. The van der Waals surface area contributed by atoms with Gasteiger partial charge in [0.1, 0.15) is 5.82 Å². The number of carbonyl (C=O) groups excluding carboxylic acids is 1. The van der Waals surface area contributed by atoms with Crippen LogP contribution in [0.15, 0.2) is 18.5 Å². The Labute approximate surface area is 167 Å². The first-order valence-electron chi connectivity index (χ1n) is 9.76. The molecule has 1 unspecified atom stereocenters. The summed E-state index contributed by atoms with van der Waals surface area (Å²) in [4.78, 5) is 29.3. The normalized spacial score (nSPS) is 17.6. The SMILES string of the molecule is Cc1cnccc1C(C)N[C@@H]1CCN(c2nc(C(=O)N(C)C)nc(C)c2C)C1. The van der Waals surface area contributed by atoms with Crippen molar-refractivity contribution in [3.63, 3.8) is 0 Å². The molecule has 150 valence electrons. The molecule has 1 amide bonds. The largest absolute Gasteiger partial charge is 0.355 e. The minimum Gasteiger partial charge on any atom is -0.355 e. The molecule has 2 aromatic rings. The summed E-state index contributed by atoms with van der Waals surface area (Å²) in [7, 11) is 3.44. The number of nitrogens with one attached hydrogen (secondary N) is 1. The second-order valence-corrected chi connectivity index (χ2v) is 7.83. The highest BCUT2D eigenvalue weighted by Gasteiger charge is 2.28. The average molecular weight is 383 g/mol. The van der Waals surface area contributed by atoms with Crippen LogP contribution in [0.4, 0.5) is 5.82 Å². The van der Waals surface area contributed by atoms with Crippen molar-refractivity contribution in [3.05, 3.63) is 46.7 Å². The zero-order chi connectivity index (χ0) is 20.4. The van der Waals surface area contributed by atoms with E-state index in [1.165, 1.54) is 16.0 Å². The van der Waals surface area contributed by atoms with Crippen molar-refractivity contribution < 1.29 is 4.79 Å². The molecule has 28 heavy (non-hydrogen) atoms. The van der Waals surface area contributed by atoms with Crippen molar-refractivity contribution in [2.45, 2.75) is 46.2 Å². The van der Waals surface area contributed by atoms with Crippen molar-refractivity contribution in [2.24, 2.45) is 0 Å². The smallest absolute Gasteiger partial charge is 0.291 e. The highest BCUT2D eigenvalue weighted by atomic mass is 16.2. The molecule has 1 saturated heterocycles. The third-order valence-corrected chi connectivity index (χ3v) is 5.46. The lowest BCUT2D eigenvalue weighted by Gasteiger charge is -2.24. The van der Waals surface area contributed by atoms with E-state index in [1.807, 2.05) is 26.2 Å². The average Bonchev–Trinajstić information content (AvgIpc) is 3.11. The van der Waals surface area contributed by atoms with Gasteiger partial charge in [-0.2, -0.15) is 0 Å². The van der Waals surface area contributed by atoms with E-state index in [2.05, 4.69) is 45.1 Å². The number of rotatable bonds is 5. The molecular weight excluding hydrogens is 352 g/mol. The van der Waals surface area contributed by atoms with E-state index in [0.717, 1.165) is 36.6 Å². The van der Waals surface area contributed by atoms with Gasteiger partial charge in [-0.1, -0.05) is 0 Å². The van der Waals surface area contributed by atoms with Crippen molar-refractivity contribution in [1.82, 2.24) is 25.2 Å². The summed E-state index contributed by atoms with van der Waals surface area (Å²) >= 11 is 0. The fourth-order valence-corrected chi connectivity index (χ4v) is 3.72. The summed E-state index contributed by atoms with van der Waals surface area (Å²) in [6.07, 6.45) is 4.79. The maximum atomic E-state index is 12.3. The van der Waals surface area contributed by atoms with Gasteiger partial charge < -0.3 is 15.1 Å². The minimum atomic E-state index is -0.167. The van der Waals surface area contributed by atoms with Gasteiger partial charge in [-0.3, -0.25) is 9.78 Å². The van der Waals surface area contributed by atoms with Crippen molar-refractivity contribution in [3.8, 4) is 0 Å². The van der Waals surface area contributed by atoms with Crippen LogP contribution in [0.3, 0.4) is 0 Å². The zero-order valence-electron chi connectivity index (χ0n) is 17.7. The van der Waals surface area contributed by atoms with Crippen LogP contribution in [0.2, 0.25) is 0 Å². The number of carbonyl (C=O) groups is 1. The molecular formula is C21H30N6O. The molecule has 7 nitrogen and oxygen atoms in total. The van der Waals surface area contributed by atoms with Crippen molar-refractivity contribution in [2.75, 3.05) is 32.1 Å². The van der Waals surface area contributed by atoms with E-state index in [1.54, 1.807) is 14.1 Å². The number of hydrogen-bond donors (Lipinski definition) is 1. The highest BCUT2D eigenvalue weighted by Crippen LogP contribution is 2.26. The Hall–Kier alpha value is -2.54. The number of nitrogens with zero attached hydrogens (tertiary/aromatic N) is 5. The van der Waals surface area contributed by atoms with Gasteiger partial charge in [-0.15, -0.1) is 0 Å². The molecule has 1 aliphatic rings. The quantitative estimate of drug-likeness (QED) is 0.856. The zero-order valence-corrected chi connectivity index (χ0v) is 17.7. The van der Waals surface area contributed by atoms with Gasteiger partial charge in [-0.25, -0.2) is 9.97 Å². The van der Waals surface area contributed by atoms with E-state index in [-0.39, 0.29) is 17.8 Å². The predicted octanol–water partition coefficient (Wildman–Crippen LogP) is 2.43. The summed E-state index contributed by atoms with van der Waals surface area (Å²) in [6, 6.07) is 2.70. The van der Waals surface area contributed by atoms with Gasteiger partial charge in [-0.05, 0) is 51.3 Å². The molecule has 0 spiro atoms. The maximum absolute atomic E-state index is 12.3. The van der Waals surface area contributed by atoms with E-state index in [0.29, 0.717) is 6.04 Å². The molecule has 0 saturated carbocycles. The van der Waals surface area contributed by atoms with Crippen LogP contribution in [0.5, 0.6) is 0 Å². The molecule has 1 N–H and O–H groups in total. The summed E-state index contributed by atoms with van der Waals surface area (Å²) < 4.78 is 0. The number of pyridine rings is 1. The Bertz CT molecular complexity index is 866. The van der Waals surface area contributed by atoms with Gasteiger partial charge >= 0.3 is 0 Å². The molecule has 0 aliphatic carbocycles. The number of amides is 1. The first kappa shape index (κ1) is 20.2. The standard InChI is InChI=1S/C21H30N6O/c1-13-11-22-9-7-18(13)16(4)23-17-8-10-27(12-17)20-14(2)15(3)24-19(25-20)21(28)26(5)6/h7,9,11,16-17,23H,8,10,12H2,1-6H3/t16?,17-/m1/s1. The van der Waals surface area contributed by atoms with Gasteiger partial charge in [0.05, 0.1) is 0 Å². The first-order chi connectivity index (χ1) is 13.3. The van der Waals surface area contributed by atoms with Gasteiger partial charge in [0, 0.05) is 62.9 Å². The first-order valence-corrected chi connectivity index (χ1v) is 9.76. The monoisotopic (exact) mass is 382 g/mol. The van der Waals surface area contributed by atoms with Gasteiger partial charge in [0.15, 0.2) is 0 Å². The van der Waals surface area contributed by atoms with Crippen LogP contribution in [0.25, 0.3) is 0 Å². The predicted molar refractivity (Wildman–Crippen MR) is 111 cm³/mol. The van der Waals surface area contributed by atoms with Crippen LogP contribution in [0.1, 0.15) is 52.4 Å². The van der Waals surface area contributed by atoms with E-state index < -0.39 is 0 Å². The van der Waals surface area contributed by atoms with Crippen LogP contribution in [-0.4, -0.2) is 59.0 Å². The summed E-state index contributed by atoms with van der Waals surface area (Å²) in [6.45, 7) is 10.0. The number of hydrogen-bond acceptors (Lipinski definition) is 6. The number of aryl methyl sites for hydroxylation is 2. The molecule has 0 radical (unpaired) electrons. The lowest BCUT2D eigenvalue weighted by molar-refractivity contribution is 0.0815. The Morgan fingerprint density at radius 1 is 1.29 bits per heavy atom. The minimum absolute atomic E-state index is 0.167. The second kappa shape index (κ2) is 8.22.